The summed E-state index contributed by atoms with van der Waals surface area (Å²) >= 11 is 5.72. The molecule has 0 unspecified atom stereocenters. The van der Waals surface area contributed by atoms with Crippen molar-refractivity contribution >= 4 is 23.3 Å². The van der Waals surface area contributed by atoms with Crippen molar-refractivity contribution in [3.8, 4) is 17.1 Å². The van der Waals surface area contributed by atoms with Crippen LogP contribution in [0.2, 0.25) is 5.02 Å². The van der Waals surface area contributed by atoms with Gasteiger partial charge in [-0.05, 0) is 18.2 Å². The number of benzene rings is 2. The van der Waals surface area contributed by atoms with Crippen molar-refractivity contribution < 1.29 is 14.5 Å². The molecule has 0 aliphatic heterocycles. The molecule has 0 amide bonds. The Morgan fingerprint density at radius 1 is 1.04 bits per heavy atom. The second kappa shape index (κ2) is 7.06. The van der Waals surface area contributed by atoms with Gasteiger partial charge in [-0.1, -0.05) is 41.9 Å². The number of rotatable bonds is 4. The summed E-state index contributed by atoms with van der Waals surface area (Å²) in [6.45, 7) is 0. The van der Waals surface area contributed by atoms with Gasteiger partial charge in [0, 0.05) is 17.7 Å². The monoisotopic (exact) mass is 355 g/mol. The van der Waals surface area contributed by atoms with Crippen LogP contribution >= 0.6 is 11.6 Å². The van der Waals surface area contributed by atoms with Crippen LogP contribution < -0.4 is 4.74 Å². The van der Waals surface area contributed by atoms with E-state index in [1.54, 1.807) is 6.07 Å². The average molecular weight is 356 g/mol. The lowest BCUT2D eigenvalue weighted by Crippen LogP contribution is -2.10. The molecule has 0 N–H and O–H groups in total. The molecule has 124 valence electrons. The van der Waals surface area contributed by atoms with E-state index in [-0.39, 0.29) is 22.2 Å². The maximum atomic E-state index is 12.1. The van der Waals surface area contributed by atoms with Crippen molar-refractivity contribution in [1.82, 2.24) is 10.2 Å². The van der Waals surface area contributed by atoms with E-state index < -0.39 is 10.9 Å². The molecule has 0 saturated carbocycles. The predicted molar refractivity (Wildman–Crippen MR) is 90.5 cm³/mol. The van der Waals surface area contributed by atoms with Gasteiger partial charge >= 0.3 is 5.97 Å². The van der Waals surface area contributed by atoms with Gasteiger partial charge in [0.1, 0.15) is 5.02 Å². The van der Waals surface area contributed by atoms with Crippen LogP contribution in [0, 0.1) is 10.1 Å². The number of ether oxygens (including phenoxy) is 1. The molecule has 2 aromatic carbocycles. The Morgan fingerprint density at radius 3 is 2.44 bits per heavy atom. The number of esters is 1. The summed E-state index contributed by atoms with van der Waals surface area (Å²) in [5, 5.41) is 18.7. The first-order valence-corrected chi connectivity index (χ1v) is 7.47. The highest BCUT2D eigenvalue weighted by atomic mass is 35.5. The third kappa shape index (κ3) is 3.78. The smallest absolute Gasteiger partial charge is 0.345 e. The highest BCUT2D eigenvalue weighted by Gasteiger charge is 2.18. The maximum absolute atomic E-state index is 12.1. The lowest BCUT2D eigenvalue weighted by molar-refractivity contribution is -0.384. The zero-order valence-corrected chi connectivity index (χ0v) is 13.4. The fraction of sp³-hybridized carbons (Fsp3) is 0. The standard InChI is InChI=1S/C17H10ClN3O4/c18-13-7-6-12(10-15(13)21(23)24)17(22)25-16-9-8-14(19-20-16)11-4-2-1-3-5-11/h1-10H. The molecule has 7 nitrogen and oxygen atoms in total. The lowest BCUT2D eigenvalue weighted by Gasteiger charge is -2.04. The molecule has 0 fully saturated rings. The minimum atomic E-state index is -0.790. The molecule has 0 aliphatic carbocycles. The fourth-order valence-corrected chi connectivity index (χ4v) is 2.26. The molecule has 0 aliphatic rings. The van der Waals surface area contributed by atoms with Crippen LogP contribution in [0.1, 0.15) is 10.4 Å². The highest BCUT2D eigenvalue weighted by Crippen LogP contribution is 2.25. The first-order chi connectivity index (χ1) is 12.0. The Labute approximate surface area is 147 Å². The number of aromatic nitrogens is 2. The molecular weight excluding hydrogens is 346 g/mol. The molecule has 1 heterocycles. The molecule has 0 bridgehead atoms. The second-order valence-electron chi connectivity index (χ2n) is 4.94. The predicted octanol–water partition coefficient (Wildman–Crippen LogP) is 3.92. The van der Waals surface area contributed by atoms with Crippen LogP contribution in [0.3, 0.4) is 0 Å². The zero-order chi connectivity index (χ0) is 17.8. The minimum absolute atomic E-state index is 0.00923. The summed E-state index contributed by atoms with van der Waals surface area (Å²) in [7, 11) is 0. The van der Waals surface area contributed by atoms with Gasteiger partial charge in [-0.2, -0.15) is 0 Å². The summed E-state index contributed by atoms with van der Waals surface area (Å²) in [5.74, 6) is -0.802. The van der Waals surface area contributed by atoms with Crippen LogP contribution in [0.25, 0.3) is 11.3 Å². The van der Waals surface area contributed by atoms with E-state index in [4.69, 9.17) is 16.3 Å². The SMILES string of the molecule is O=C(Oc1ccc(-c2ccccc2)nn1)c1ccc(Cl)c([N+](=O)[O-])c1. The summed E-state index contributed by atoms with van der Waals surface area (Å²) in [6, 6.07) is 16.2. The molecule has 0 atom stereocenters. The molecule has 3 aromatic rings. The van der Waals surface area contributed by atoms with E-state index in [0.29, 0.717) is 5.69 Å². The zero-order valence-electron chi connectivity index (χ0n) is 12.6. The fourth-order valence-electron chi connectivity index (χ4n) is 2.07. The average Bonchev–Trinajstić information content (AvgIpc) is 2.63. The lowest BCUT2D eigenvalue weighted by atomic mass is 10.1. The van der Waals surface area contributed by atoms with E-state index in [0.717, 1.165) is 11.6 Å². The molecule has 1 aromatic heterocycles. The van der Waals surface area contributed by atoms with Crippen molar-refractivity contribution in [1.29, 1.82) is 0 Å². The molecular formula is C17H10ClN3O4. The number of carbonyl (C=O) groups excluding carboxylic acids is 1. The Balaban J connectivity index is 1.77. The maximum Gasteiger partial charge on any atom is 0.345 e. The van der Waals surface area contributed by atoms with Gasteiger partial charge in [-0.15, -0.1) is 10.2 Å². The number of hydrogen-bond donors (Lipinski definition) is 0. The first kappa shape index (κ1) is 16.5. The third-order valence-corrected chi connectivity index (χ3v) is 3.61. The van der Waals surface area contributed by atoms with Gasteiger partial charge in [0.15, 0.2) is 0 Å². The minimum Gasteiger partial charge on any atom is -0.402 e. The Morgan fingerprint density at radius 2 is 1.80 bits per heavy atom. The van der Waals surface area contributed by atoms with E-state index in [1.165, 1.54) is 18.2 Å². The largest absolute Gasteiger partial charge is 0.402 e. The van der Waals surface area contributed by atoms with Gasteiger partial charge in [0.25, 0.3) is 5.69 Å². The number of nitro groups is 1. The number of halogens is 1. The van der Waals surface area contributed by atoms with Crippen LogP contribution in [-0.2, 0) is 0 Å². The van der Waals surface area contributed by atoms with Crippen molar-refractivity contribution in [3.05, 3.63) is 81.4 Å². The highest BCUT2D eigenvalue weighted by molar-refractivity contribution is 6.32. The second-order valence-corrected chi connectivity index (χ2v) is 5.34. The van der Waals surface area contributed by atoms with E-state index >= 15 is 0 Å². The molecule has 8 heteroatoms. The van der Waals surface area contributed by atoms with E-state index in [1.807, 2.05) is 30.3 Å². The summed E-state index contributed by atoms with van der Waals surface area (Å²) in [4.78, 5) is 22.3. The van der Waals surface area contributed by atoms with Crippen LogP contribution in [0.5, 0.6) is 5.88 Å². The summed E-state index contributed by atoms with van der Waals surface area (Å²) in [5.41, 5.74) is 1.12. The van der Waals surface area contributed by atoms with Gasteiger partial charge in [0.2, 0.25) is 5.88 Å². The van der Waals surface area contributed by atoms with Crippen molar-refractivity contribution in [2.45, 2.75) is 0 Å². The number of nitro benzene ring substituents is 1. The molecule has 0 radical (unpaired) electrons. The normalized spacial score (nSPS) is 10.3. The number of hydrogen-bond acceptors (Lipinski definition) is 6. The van der Waals surface area contributed by atoms with Crippen LogP contribution in [0.15, 0.2) is 60.7 Å². The molecule has 3 rings (SSSR count). The van der Waals surface area contributed by atoms with E-state index in [9.17, 15) is 14.9 Å². The number of nitrogens with zero attached hydrogens (tertiary/aromatic N) is 3. The topological polar surface area (TPSA) is 95.2 Å². The first-order valence-electron chi connectivity index (χ1n) is 7.10. The van der Waals surface area contributed by atoms with Gasteiger partial charge in [-0.25, -0.2) is 4.79 Å². The van der Waals surface area contributed by atoms with Crippen molar-refractivity contribution in [2.75, 3.05) is 0 Å². The van der Waals surface area contributed by atoms with Crippen molar-refractivity contribution in [2.24, 2.45) is 0 Å². The Kier molecular flexibility index (Phi) is 4.67. The third-order valence-electron chi connectivity index (χ3n) is 3.29. The Bertz CT molecular complexity index is 930. The molecule has 0 spiro atoms. The van der Waals surface area contributed by atoms with Gasteiger partial charge in [-0.3, -0.25) is 10.1 Å². The Hall–Kier alpha value is -3.32. The van der Waals surface area contributed by atoms with Crippen molar-refractivity contribution in [3.63, 3.8) is 0 Å². The van der Waals surface area contributed by atoms with Gasteiger partial charge < -0.3 is 4.74 Å². The summed E-state index contributed by atoms with van der Waals surface area (Å²) < 4.78 is 5.09. The quantitative estimate of drug-likeness (QED) is 0.400. The summed E-state index contributed by atoms with van der Waals surface area (Å²) in [6.07, 6.45) is 0. The van der Waals surface area contributed by atoms with Crippen LogP contribution in [0.4, 0.5) is 5.69 Å². The van der Waals surface area contributed by atoms with E-state index in [2.05, 4.69) is 10.2 Å². The molecule has 0 saturated heterocycles. The number of carbonyl (C=O) groups is 1. The van der Waals surface area contributed by atoms with Gasteiger partial charge in [0.05, 0.1) is 16.2 Å². The molecule has 25 heavy (non-hydrogen) atoms. The van der Waals surface area contributed by atoms with Crippen LogP contribution in [-0.4, -0.2) is 21.1 Å².